The molecule has 3 rings (SSSR count). The molecule has 2 amide bonds. The number of benzene rings is 3. The van der Waals surface area contributed by atoms with Gasteiger partial charge in [-0.05, 0) is 66.4 Å². The normalized spacial score (nSPS) is 11.7. The Morgan fingerprint density at radius 3 is 2.35 bits per heavy atom. The van der Waals surface area contributed by atoms with E-state index in [0.29, 0.717) is 35.0 Å². The molecular formula is C29H33N3O5. The van der Waals surface area contributed by atoms with E-state index in [2.05, 4.69) is 21.9 Å². The summed E-state index contributed by atoms with van der Waals surface area (Å²) in [5, 5.41) is 6.84. The van der Waals surface area contributed by atoms with Gasteiger partial charge in [-0.25, -0.2) is 5.43 Å². The molecule has 2 N–H and O–H groups in total. The molecule has 0 aliphatic heterocycles. The van der Waals surface area contributed by atoms with Crippen molar-refractivity contribution >= 4 is 18.0 Å². The molecule has 0 saturated heterocycles. The minimum absolute atomic E-state index is 0.151. The third-order valence-electron chi connectivity index (χ3n) is 5.64. The van der Waals surface area contributed by atoms with Crippen LogP contribution in [0.5, 0.6) is 17.2 Å². The minimum Gasteiger partial charge on any atom is -0.497 e. The average molecular weight is 504 g/mol. The quantitative estimate of drug-likeness (QED) is 0.297. The minimum atomic E-state index is -0.765. The number of ether oxygens (including phenoxy) is 3. The van der Waals surface area contributed by atoms with Crippen molar-refractivity contribution in [3.63, 3.8) is 0 Å². The Bertz CT molecular complexity index is 1240. The monoisotopic (exact) mass is 503 g/mol. The number of amides is 2. The molecule has 0 bridgehead atoms. The smallest absolute Gasteiger partial charge is 0.262 e. The predicted octanol–water partition coefficient (Wildman–Crippen LogP) is 4.50. The average Bonchev–Trinajstić information content (AvgIpc) is 2.90. The van der Waals surface area contributed by atoms with Gasteiger partial charge in [-0.2, -0.15) is 5.10 Å². The maximum absolute atomic E-state index is 12.8. The van der Waals surface area contributed by atoms with Crippen LogP contribution in [0.3, 0.4) is 0 Å². The van der Waals surface area contributed by atoms with E-state index in [-0.39, 0.29) is 11.8 Å². The number of carbonyl (C=O) groups excluding carboxylic acids is 2. The number of methoxy groups -OCH3 is 2. The van der Waals surface area contributed by atoms with Gasteiger partial charge in [-0.15, -0.1) is 0 Å². The van der Waals surface area contributed by atoms with Crippen LogP contribution in [0, 0.1) is 12.8 Å². The second-order valence-corrected chi connectivity index (χ2v) is 8.85. The first-order valence-corrected chi connectivity index (χ1v) is 11.9. The lowest BCUT2D eigenvalue weighted by Gasteiger charge is -2.20. The van der Waals surface area contributed by atoms with Gasteiger partial charge in [-0.1, -0.05) is 43.7 Å². The molecule has 0 aromatic heterocycles. The van der Waals surface area contributed by atoms with Gasteiger partial charge in [0.15, 0.2) is 11.5 Å². The van der Waals surface area contributed by atoms with Crippen molar-refractivity contribution in [2.45, 2.75) is 33.4 Å². The molecule has 0 saturated carbocycles. The number of hydrogen-bond acceptors (Lipinski definition) is 6. The summed E-state index contributed by atoms with van der Waals surface area (Å²) in [7, 11) is 3.12. The molecule has 8 heteroatoms. The number of hydrogen-bond donors (Lipinski definition) is 2. The van der Waals surface area contributed by atoms with E-state index in [1.165, 1.54) is 11.8 Å². The Hall–Kier alpha value is -4.33. The van der Waals surface area contributed by atoms with Gasteiger partial charge in [-0.3, -0.25) is 9.59 Å². The van der Waals surface area contributed by atoms with Crippen molar-refractivity contribution in [3.05, 3.63) is 89.0 Å². The SMILES string of the molecule is COc1ccc(C(=O)NC(C(=O)NN=Cc2ccc(OCc3cccc(C)c3)c(OC)c2)C(C)C)cc1. The lowest BCUT2D eigenvalue weighted by Crippen LogP contribution is -2.48. The third-order valence-corrected chi connectivity index (χ3v) is 5.64. The van der Waals surface area contributed by atoms with Gasteiger partial charge in [0.1, 0.15) is 18.4 Å². The maximum atomic E-state index is 12.8. The molecule has 0 aliphatic carbocycles. The number of rotatable bonds is 11. The van der Waals surface area contributed by atoms with E-state index in [1.807, 2.05) is 45.0 Å². The highest BCUT2D eigenvalue weighted by molar-refractivity contribution is 5.97. The number of aryl methyl sites for hydroxylation is 1. The first kappa shape index (κ1) is 27.3. The molecule has 8 nitrogen and oxygen atoms in total. The first-order chi connectivity index (χ1) is 17.8. The summed E-state index contributed by atoms with van der Waals surface area (Å²) in [6.07, 6.45) is 1.51. The largest absolute Gasteiger partial charge is 0.497 e. The Kier molecular flexibility index (Phi) is 9.66. The molecule has 0 spiro atoms. The topological polar surface area (TPSA) is 98.2 Å². The summed E-state index contributed by atoms with van der Waals surface area (Å²) in [6, 6.07) is 19.4. The van der Waals surface area contributed by atoms with E-state index in [9.17, 15) is 9.59 Å². The Morgan fingerprint density at radius 2 is 1.70 bits per heavy atom. The fraction of sp³-hybridized carbons (Fsp3) is 0.276. The van der Waals surface area contributed by atoms with Gasteiger partial charge in [0.05, 0.1) is 20.4 Å². The van der Waals surface area contributed by atoms with Gasteiger partial charge in [0.2, 0.25) is 0 Å². The lowest BCUT2D eigenvalue weighted by atomic mass is 10.0. The summed E-state index contributed by atoms with van der Waals surface area (Å²) < 4.78 is 16.5. The standard InChI is InChI=1S/C29H33N3O5/c1-19(2)27(31-28(33)23-10-12-24(35-4)13-11-23)29(34)32-30-17-21-9-14-25(26(16-21)36-5)37-18-22-8-6-7-20(3)15-22/h6-17,19,27H,18H2,1-5H3,(H,31,33)(H,32,34). The molecule has 194 valence electrons. The van der Waals surface area contributed by atoms with Crippen LogP contribution in [0.25, 0.3) is 0 Å². The van der Waals surface area contributed by atoms with Gasteiger partial charge in [0, 0.05) is 5.56 Å². The number of carbonyl (C=O) groups is 2. The van der Waals surface area contributed by atoms with Crippen LogP contribution in [-0.4, -0.2) is 38.3 Å². The zero-order valence-electron chi connectivity index (χ0n) is 21.8. The fourth-order valence-electron chi connectivity index (χ4n) is 3.59. The van der Waals surface area contributed by atoms with Gasteiger partial charge >= 0.3 is 0 Å². The summed E-state index contributed by atoms with van der Waals surface area (Å²) in [5.41, 5.74) is 5.89. The van der Waals surface area contributed by atoms with E-state index in [4.69, 9.17) is 14.2 Å². The second-order valence-electron chi connectivity index (χ2n) is 8.85. The van der Waals surface area contributed by atoms with Crippen molar-refractivity contribution in [1.29, 1.82) is 0 Å². The molecule has 3 aromatic rings. The lowest BCUT2D eigenvalue weighted by molar-refractivity contribution is -0.123. The predicted molar refractivity (Wildman–Crippen MR) is 143 cm³/mol. The zero-order valence-corrected chi connectivity index (χ0v) is 21.8. The van der Waals surface area contributed by atoms with Crippen LogP contribution in [-0.2, 0) is 11.4 Å². The molecule has 0 radical (unpaired) electrons. The van der Waals surface area contributed by atoms with E-state index >= 15 is 0 Å². The number of nitrogens with zero attached hydrogens (tertiary/aromatic N) is 1. The second kappa shape index (κ2) is 13.1. The fourth-order valence-corrected chi connectivity index (χ4v) is 3.59. The molecule has 0 fully saturated rings. The van der Waals surface area contributed by atoms with Crippen LogP contribution in [0.4, 0.5) is 0 Å². The highest BCUT2D eigenvalue weighted by Gasteiger charge is 2.24. The van der Waals surface area contributed by atoms with E-state index in [0.717, 1.165) is 5.56 Å². The van der Waals surface area contributed by atoms with Crippen molar-refractivity contribution in [3.8, 4) is 17.2 Å². The molecule has 1 unspecified atom stereocenters. The summed E-state index contributed by atoms with van der Waals surface area (Å²) in [5.74, 6) is 0.875. The Balaban J connectivity index is 1.60. The molecule has 37 heavy (non-hydrogen) atoms. The van der Waals surface area contributed by atoms with Crippen LogP contribution in [0.2, 0.25) is 0 Å². The molecular weight excluding hydrogens is 470 g/mol. The number of hydrazone groups is 1. The zero-order chi connectivity index (χ0) is 26.8. The van der Waals surface area contributed by atoms with Crippen molar-refractivity contribution < 1.29 is 23.8 Å². The first-order valence-electron chi connectivity index (χ1n) is 11.9. The summed E-state index contributed by atoms with van der Waals surface area (Å²) >= 11 is 0. The molecule has 1 atom stereocenters. The molecule has 0 heterocycles. The Labute approximate surface area is 217 Å². The van der Waals surface area contributed by atoms with Crippen LogP contribution in [0.15, 0.2) is 71.8 Å². The molecule has 0 aliphatic rings. The van der Waals surface area contributed by atoms with E-state index < -0.39 is 11.9 Å². The van der Waals surface area contributed by atoms with Gasteiger partial charge in [0.25, 0.3) is 11.8 Å². The highest BCUT2D eigenvalue weighted by Crippen LogP contribution is 2.28. The van der Waals surface area contributed by atoms with Crippen LogP contribution >= 0.6 is 0 Å². The Morgan fingerprint density at radius 1 is 0.946 bits per heavy atom. The van der Waals surface area contributed by atoms with Crippen LogP contribution < -0.4 is 25.0 Å². The van der Waals surface area contributed by atoms with Crippen LogP contribution in [0.1, 0.15) is 40.9 Å². The number of nitrogens with one attached hydrogen (secondary N) is 2. The maximum Gasteiger partial charge on any atom is 0.262 e. The van der Waals surface area contributed by atoms with Crippen molar-refractivity contribution in [2.24, 2.45) is 11.0 Å². The van der Waals surface area contributed by atoms with Gasteiger partial charge < -0.3 is 19.5 Å². The van der Waals surface area contributed by atoms with Crippen molar-refractivity contribution in [1.82, 2.24) is 10.7 Å². The highest BCUT2D eigenvalue weighted by atomic mass is 16.5. The molecule has 3 aromatic carbocycles. The van der Waals surface area contributed by atoms with E-state index in [1.54, 1.807) is 50.6 Å². The summed E-state index contributed by atoms with van der Waals surface area (Å²) in [6.45, 7) is 6.15. The third kappa shape index (κ3) is 7.83. The van der Waals surface area contributed by atoms with Crippen molar-refractivity contribution in [2.75, 3.05) is 14.2 Å². The summed E-state index contributed by atoms with van der Waals surface area (Å²) in [4.78, 5) is 25.4.